The van der Waals surface area contributed by atoms with Gasteiger partial charge in [0.1, 0.15) is 0 Å². The first-order valence-electron chi connectivity index (χ1n) is 0.973. The molecule has 0 atom stereocenters. The molecular formula is HNO5U. The standard InChI is InChI=1S/HNO3.2O.U/c2-1(3)4;;;/h(H,2,3,4);;;. The van der Waals surface area contributed by atoms with Crippen LogP contribution in [0.2, 0.25) is 0 Å². The third kappa shape index (κ3) is 3960. The van der Waals surface area contributed by atoms with Crippen molar-refractivity contribution in [3.05, 3.63) is 10.1 Å². The Morgan fingerprint density at radius 2 is 1.57 bits per heavy atom. The second-order valence-electron chi connectivity index (χ2n) is 0.321. The summed E-state index contributed by atoms with van der Waals surface area (Å²) in [4.78, 5) is 8.36. The molecule has 0 aromatic carbocycles. The molecule has 0 heterocycles. The van der Waals surface area contributed by atoms with Crippen LogP contribution in [-0.4, -0.2) is 10.3 Å². The Morgan fingerprint density at radius 1 is 1.57 bits per heavy atom. The first-order chi connectivity index (χ1) is 3.15. The van der Waals surface area contributed by atoms with Gasteiger partial charge < -0.3 is 5.21 Å². The molecular weight excluding hydrogens is 332 g/mol. The van der Waals surface area contributed by atoms with Crippen LogP contribution in [0.4, 0.5) is 0 Å². The Bertz CT molecular complexity index is 76.1. The summed E-state index contributed by atoms with van der Waals surface area (Å²) in [5, 5.41) is 13.6. The first-order valence-corrected chi connectivity index (χ1v) is 4.37. The summed E-state index contributed by atoms with van der Waals surface area (Å²) in [6.07, 6.45) is 0. The molecule has 0 spiro atoms. The molecule has 0 aliphatic carbocycles. The maximum atomic E-state index is 8.58. The fourth-order valence-corrected chi connectivity index (χ4v) is 0. The molecule has 6 nitrogen and oxygen atoms in total. The van der Waals surface area contributed by atoms with E-state index in [-0.39, 0.29) is 0 Å². The van der Waals surface area contributed by atoms with Gasteiger partial charge in [-0.2, -0.15) is 0 Å². The van der Waals surface area contributed by atoms with Crippen molar-refractivity contribution in [1.29, 1.82) is 0 Å². The van der Waals surface area contributed by atoms with Crippen molar-refractivity contribution < 1.29 is 42.6 Å². The molecule has 0 radical (unpaired) electrons. The molecule has 0 saturated heterocycles. The van der Waals surface area contributed by atoms with Gasteiger partial charge in [0, 0.05) is 0 Å². The molecule has 7 heavy (non-hydrogen) atoms. The van der Waals surface area contributed by atoms with E-state index in [1.807, 2.05) is 0 Å². The summed E-state index contributed by atoms with van der Waals surface area (Å²) >= 11 is -2.51. The molecule has 0 saturated carbocycles. The van der Waals surface area contributed by atoms with Gasteiger partial charge >= 0.3 is 32.3 Å². The normalized spacial score (nSPS) is 4.57. The molecule has 0 fully saturated rings. The van der Waals surface area contributed by atoms with Gasteiger partial charge in [0.25, 0.3) is 5.09 Å². The predicted molar refractivity (Wildman–Crippen MR) is 10.2 cm³/mol. The fraction of sp³-hybridized carbons (Fsp3) is 0. The molecule has 0 unspecified atom stereocenters. The Balaban J connectivity index is 0. The molecule has 0 aliphatic heterocycles. The Kier molecular flexibility index (Phi) is 13.2. The van der Waals surface area contributed by atoms with E-state index in [4.69, 9.17) is 19.8 Å². The van der Waals surface area contributed by atoms with Gasteiger partial charge in [0.2, 0.25) is 0 Å². The minimum atomic E-state index is -2.51. The van der Waals surface area contributed by atoms with Crippen LogP contribution in [0.25, 0.3) is 0 Å². The monoisotopic (exact) mass is 333 g/mol. The van der Waals surface area contributed by atoms with Crippen LogP contribution < -0.4 is 0 Å². The zero-order chi connectivity index (χ0) is 6.28. The predicted octanol–water partition coefficient (Wildman–Crippen LogP) is -0.585. The van der Waals surface area contributed by atoms with Crippen molar-refractivity contribution in [2.45, 2.75) is 0 Å². The average Bonchev–Trinajstić information content (AvgIpc) is 1.33. The van der Waals surface area contributed by atoms with Crippen LogP contribution in [0.15, 0.2) is 0 Å². The summed E-state index contributed by atoms with van der Waals surface area (Å²) in [5.41, 5.74) is 0. The van der Waals surface area contributed by atoms with Crippen molar-refractivity contribution in [3.63, 3.8) is 0 Å². The topological polar surface area (TPSA) is 97.5 Å². The van der Waals surface area contributed by atoms with E-state index in [2.05, 4.69) is 0 Å². The minimum absolute atomic E-state index is 1.50. The van der Waals surface area contributed by atoms with Crippen LogP contribution in [0.1, 0.15) is 0 Å². The molecule has 0 bridgehead atoms. The molecule has 0 aromatic rings. The molecule has 0 aromatic heterocycles. The van der Waals surface area contributed by atoms with Gasteiger partial charge in [-0.15, -0.1) is 10.1 Å². The average molecular weight is 333 g/mol. The number of hydrogen-bond acceptors (Lipinski definition) is 4. The van der Waals surface area contributed by atoms with E-state index in [0.717, 1.165) is 0 Å². The van der Waals surface area contributed by atoms with E-state index in [9.17, 15) is 0 Å². The Morgan fingerprint density at radius 3 is 1.57 bits per heavy atom. The number of hydrogen-bond donors (Lipinski definition) is 1. The molecule has 7 heteroatoms. The zero-order valence-electron chi connectivity index (χ0n) is 3.03. The van der Waals surface area contributed by atoms with Crippen molar-refractivity contribution in [1.82, 2.24) is 0 Å². The van der Waals surface area contributed by atoms with Crippen LogP contribution in [0.5, 0.6) is 0 Å². The van der Waals surface area contributed by atoms with Gasteiger partial charge in [-0.05, 0) is 0 Å². The molecule has 1 N–H and O–H groups in total. The SMILES string of the molecule is O=[N+]([O-])O.[O]=[U]=[O]. The zero-order valence-corrected chi connectivity index (χ0v) is 7.19. The second kappa shape index (κ2) is 9.28. The van der Waals surface area contributed by atoms with E-state index in [1.54, 1.807) is 0 Å². The van der Waals surface area contributed by atoms with Crippen LogP contribution in [0, 0.1) is 37.9 Å². The number of nitrogens with zero attached hydrogens (tertiary/aromatic N) is 1. The third-order valence-electron chi connectivity index (χ3n) is 0. The first kappa shape index (κ1) is 9.97. The molecule has 0 aliphatic rings. The summed E-state index contributed by atoms with van der Waals surface area (Å²) in [5.74, 6) is 0. The van der Waals surface area contributed by atoms with Gasteiger partial charge in [-0.1, -0.05) is 0 Å². The van der Waals surface area contributed by atoms with Crippen LogP contribution in [0.3, 0.4) is 0 Å². The summed E-state index contributed by atoms with van der Waals surface area (Å²) < 4.78 is 17.2. The Hall–Kier alpha value is -0.148. The summed E-state index contributed by atoms with van der Waals surface area (Å²) in [6.45, 7) is 0. The summed E-state index contributed by atoms with van der Waals surface area (Å²) in [7, 11) is 0. The van der Waals surface area contributed by atoms with Crippen molar-refractivity contribution >= 4 is 0 Å². The fourth-order valence-electron chi connectivity index (χ4n) is 0. The van der Waals surface area contributed by atoms with Crippen molar-refractivity contribution in [2.75, 3.05) is 0 Å². The molecule has 0 amide bonds. The quantitative estimate of drug-likeness (QED) is 0.472. The van der Waals surface area contributed by atoms with E-state index in [0.29, 0.717) is 0 Å². The van der Waals surface area contributed by atoms with E-state index >= 15 is 0 Å². The van der Waals surface area contributed by atoms with Gasteiger partial charge in [-0.3, -0.25) is 0 Å². The van der Waals surface area contributed by atoms with Gasteiger partial charge in [-0.25, -0.2) is 0 Å². The van der Waals surface area contributed by atoms with E-state index < -0.39 is 32.9 Å². The second-order valence-corrected chi connectivity index (χ2v) is 1.02. The van der Waals surface area contributed by atoms with E-state index in [1.165, 1.54) is 0 Å². The van der Waals surface area contributed by atoms with Crippen molar-refractivity contribution in [3.8, 4) is 0 Å². The van der Waals surface area contributed by atoms with Crippen molar-refractivity contribution in [2.24, 2.45) is 0 Å². The molecule has 0 rings (SSSR count). The summed E-state index contributed by atoms with van der Waals surface area (Å²) in [6, 6.07) is 0. The molecule has 40 valence electrons. The van der Waals surface area contributed by atoms with Gasteiger partial charge in [0.05, 0.1) is 0 Å². The van der Waals surface area contributed by atoms with Crippen LogP contribution >= 0.6 is 0 Å². The van der Waals surface area contributed by atoms with Gasteiger partial charge in [0.15, 0.2) is 0 Å². The maximum absolute atomic E-state index is 8.58. The Labute approximate surface area is 52.8 Å². The van der Waals surface area contributed by atoms with Crippen LogP contribution in [-0.2, 0) is 4.47 Å². The number of rotatable bonds is 0. The third-order valence-corrected chi connectivity index (χ3v) is 0.